The average molecular weight is 257 g/mol. The molecule has 0 spiro atoms. The molecule has 0 amide bonds. The highest BCUT2D eigenvalue weighted by Crippen LogP contribution is 2.19. The number of benzene rings is 1. The van der Waals surface area contributed by atoms with E-state index in [0.717, 1.165) is 31.0 Å². The summed E-state index contributed by atoms with van der Waals surface area (Å²) < 4.78 is 5.28. The smallest absolute Gasteiger partial charge is 0.228 e. The molecule has 1 aromatic heterocycles. The van der Waals surface area contributed by atoms with Crippen LogP contribution in [0.3, 0.4) is 0 Å². The van der Waals surface area contributed by atoms with E-state index in [1.807, 2.05) is 0 Å². The fourth-order valence-corrected chi connectivity index (χ4v) is 2.03. The van der Waals surface area contributed by atoms with Crippen molar-refractivity contribution in [2.24, 2.45) is 0 Å². The maximum atomic E-state index is 5.28. The fraction of sp³-hybridized carbons (Fsp3) is 0.467. The number of nitrogens with zero attached hydrogens (tertiary/aromatic N) is 2. The Morgan fingerprint density at radius 3 is 2.74 bits per heavy atom. The Labute approximate surface area is 113 Å². The Kier molecular flexibility index (Phi) is 3.60. The highest BCUT2D eigenvalue weighted by Gasteiger charge is 2.20. The number of hydrogen-bond acceptors (Lipinski definition) is 4. The van der Waals surface area contributed by atoms with Crippen molar-refractivity contribution in [1.82, 2.24) is 15.5 Å². The van der Waals surface area contributed by atoms with E-state index in [9.17, 15) is 0 Å². The van der Waals surface area contributed by atoms with Crippen LogP contribution in [0.15, 0.2) is 28.8 Å². The Morgan fingerprint density at radius 2 is 2.05 bits per heavy atom. The molecule has 0 bridgehead atoms. The Hall–Kier alpha value is -1.68. The lowest BCUT2D eigenvalue weighted by molar-refractivity contribution is 0.376. The topological polar surface area (TPSA) is 51.0 Å². The monoisotopic (exact) mass is 257 g/mol. The van der Waals surface area contributed by atoms with E-state index in [-0.39, 0.29) is 0 Å². The summed E-state index contributed by atoms with van der Waals surface area (Å²) >= 11 is 0. The van der Waals surface area contributed by atoms with Crippen LogP contribution in [0.1, 0.15) is 31.2 Å². The molecule has 4 nitrogen and oxygen atoms in total. The van der Waals surface area contributed by atoms with E-state index >= 15 is 0 Å². The zero-order chi connectivity index (χ0) is 13.1. The molecule has 1 saturated carbocycles. The summed E-state index contributed by atoms with van der Waals surface area (Å²) in [6.45, 7) is 3.06. The van der Waals surface area contributed by atoms with Gasteiger partial charge in [-0.25, -0.2) is 0 Å². The minimum absolute atomic E-state index is 0.684. The molecule has 19 heavy (non-hydrogen) atoms. The lowest BCUT2D eigenvalue weighted by Crippen LogP contribution is -2.19. The lowest BCUT2D eigenvalue weighted by Gasteiger charge is -1.98. The minimum atomic E-state index is 0.684. The maximum Gasteiger partial charge on any atom is 0.228 e. The van der Waals surface area contributed by atoms with Crippen molar-refractivity contribution in [3.05, 3.63) is 35.7 Å². The second kappa shape index (κ2) is 5.53. The second-order valence-electron chi connectivity index (χ2n) is 5.04. The summed E-state index contributed by atoms with van der Waals surface area (Å²) in [7, 11) is 0. The molecule has 1 aliphatic carbocycles. The molecule has 100 valence electrons. The van der Waals surface area contributed by atoms with Gasteiger partial charge in [0.05, 0.1) is 0 Å². The van der Waals surface area contributed by atoms with Crippen LogP contribution in [0.25, 0.3) is 11.4 Å². The van der Waals surface area contributed by atoms with Crippen molar-refractivity contribution in [1.29, 1.82) is 0 Å². The van der Waals surface area contributed by atoms with E-state index < -0.39 is 0 Å². The third-order valence-corrected chi connectivity index (χ3v) is 3.44. The van der Waals surface area contributed by atoms with Crippen LogP contribution in [0.5, 0.6) is 0 Å². The molecule has 0 aliphatic heterocycles. The SMILES string of the molecule is CCc1ccc(-c2noc(CCNC3CC3)n2)cc1. The highest BCUT2D eigenvalue weighted by molar-refractivity contribution is 5.54. The normalized spacial score (nSPS) is 14.8. The van der Waals surface area contributed by atoms with Crippen LogP contribution in [0, 0.1) is 0 Å². The van der Waals surface area contributed by atoms with Crippen molar-refractivity contribution < 1.29 is 4.52 Å². The number of aromatic nitrogens is 2. The van der Waals surface area contributed by atoms with Gasteiger partial charge in [0.15, 0.2) is 0 Å². The first-order valence-corrected chi connectivity index (χ1v) is 7.00. The van der Waals surface area contributed by atoms with Crippen LogP contribution in [0.2, 0.25) is 0 Å². The van der Waals surface area contributed by atoms with Gasteiger partial charge >= 0.3 is 0 Å². The standard InChI is InChI=1S/C15H19N3O/c1-2-11-3-5-12(6-4-11)15-17-14(19-18-15)9-10-16-13-7-8-13/h3-6,13,16H,2,7-10H2,1H3. The van der Waals surface area contributed by atoms with Crippen LogP contribution in [0.4, 0.5) is 0 Å². The van der Waals surface area contributed by atoms with Crippen molar-refractivity contribution >= 4 is 0 Å². The van der Waals surface area contributed by atoms with Gasteiger partial charge in [-0.2, -0.15) is 4.98 Å². The predicted molar refractivity (Wildman–Crippen MR) is 73.8 cm³/mol. The molecule has 3 rings (SSSR count). The molecule has 1 fully saturated rings. The number of rotatable bonds is 6. The maximum absolute atomic E-state index is 5.28. The quantitative estimate of drug-likeness (QED) is 0.864. The van der Waals surface area contributed by atoms with Gasteiger partial charge in [-0.05, 0) is 24.8 Å². The number of nitrogens with one attached hydrogen (secondary N) is 1. The second-order valence-corrected chi connectivity index (χ2v) is 5.04. The van der Waals surface area contributed by atoms with Gasteiger partial charge < -0.3 is 9.84 Å². The summed E-state index contributed by atoms with van der Waals surface area (Å²) in [5.74, 6) is 1.40. The van der Waals surface area contributed by atoms with Gasteiger partial charge in [0.2, 0.25) is 11.7 Å². The molecular formula is C15H19N3O. The zero-order valence-corrected chi connectivity index (χ0v) is 11.2. The van der Waals surface area contributed by atoms with Gasteiger partial charge in [0, 0.05) is 24.6 Å². The van der Waals surface area contributed by atoms with Gasteiger partial charge in [0.25, 0.3) is 0 Å². The summed E-state index contributed by atoms with van der Waals surface area (Å²) in [4.78, 5) is 4.44. The molecule has 0 saturated heterocycles. The minimum Gasteiger partial charge on any atom is -0.339 e. The van der Waals surface area contributed by atoms with Crippen LogP contribution < -0.4 is 5.32 Å². The fourth-order valence-electron chi connectivity index (χ4n) is 2.03. The van der Waals surface area contributed by atoms with E-state index in [4.69, 9.17) is 4.52 Å². The van der Waals surface area contributed by atoms with E-state index in [0.29, 0.717) is 11.7 Å². The lowest BCUT2D eigenvalue weighted by atomic mass is 10.1. The predicted octanol–water partition coefficient (Wildman–Crippen LogP) is 2.59. The Balaban J connectivity index is 1.61. The number of hydrogen-bond donors (Lipinski definition) is 1. The first-order valence-electron chi connectivity index (χ1n) is 7.00. The van der Waals surface area contributed by atoms with Gasteiger partial charge in [0.1, 0.15) is 0 Å². The van der Waals surface area contributed by atoms with Crippen LogP contribution in [-0.4, -0.2) is 22.7 Å². The van der Waals surface area contributed by atoms with E-state index in [1.165, 1.54) is 18.4 Å². The Morgan fingerprint density at radius 1 is 1.26 bits per heavy atom. The third kappa shape index (κ3) is 3.20. The van der Waals surface area contributed by atoms with Crippen LogP contribution >= 0.6 is 0 Å². The molecule has 1 aromatic carbocycles. The summed E-state index contributed by atoms with van der Waals surface area (Å²) in [5, 5.41) is 7.48. The van der Waals surface area contributed by atoms with Gasteiger partial charge in [-0.15, -0.1) is 0 Å². The average Bonchev–Trinajstić information content (AvgIpc) is 3.15. The third-order valence-electron chi connectivity index (χ3n) is 3.44. The summed E-state index contributed by atoms with van der Waals surface area (Å²) in [5.41, 5.74) is 2.34. The number of aryl methyl sites for hydroxylation is 1. The molecular weight excluding hydrogens is 238 g/mol. The zero-order valence-electron chi connectivity index (χ0n) is 11.2. The van der Waals surface area contributed by atoms with E-state index in [1.54, 1.807) is 0 Å². The molecule has 0 radical (unpaired) electrons. The molecule has 4 heteroatoms. The molecule has 1 heterocycles. The molecule has 2 aromatic rings. The first kappa shape index (κ1) is 12.4. The van der Waals surface area contributed by atoms with Crippen molar-refractivity contribution in [3.8, 4) is 11.4 Å². The first-order chi connectivity index (χ1) is 9.35. The van der Waals surface area contributed by atoms with Crippen LogP contribution in [-0.2, 0) is 12.8 Å². The van der Waals surface area contributed by atoms with Crippen molar-refractivity contribution in [2.45, 2.75) is 38.6 Å². The Bertz CT molecular complexity index is 529. The van der Waals surface area contributed by atoms with Crippen molar-refractivity contribution in [2.75, 3.05) is 6.54 Å². The van der Waals surface area contributed by atoms with Gasteiger partial charge in [-0.1, -0.05) is 36.3 Å². The van der Waals surface area contributed by atoms with Crippen molar-refractivity contribution in [3.63, 3.8) is 0 Å². The molecule has 0 unspecified atom stereocenters. The summed E-state index contributed by atoms with van der Waals surface area (Å²) in [6, 6.07) is 9.05. The van der Waals surface area contributed by atoms with E-state index in [2.05, 4.69) is 46.6 Å². The molecule has 1 aliphatic rings. The van der Waals surface area contributed by atoms with Gasteiger partial charge in [-0.3, -0.25) is 0 Å². The highest BCUT2D eigenvalue weighted by atomic mass is 16.5. The summed E-state index contributed by atoms with van der Waals surface area (Å²) in [6.07, 6.45) is 4.46. The largest absolute Gasteiger partial charge is 0.339 e. The molecule has 0 atom stereocenters. The molecule has 1 N–H and O–H groups in total.